The predicted molar refractivity (Wildman–Crippen MR) is 106 cm³/mol. The first-order valence-corrected chi connectivity index (χ1v) is 10.0. The maximum Gasteiger partial charge on any atom is 0.316 e. The van der Waals surface area contributed by atoms with Gasteiger partial charge >= 0.3 is 5.97 Å². The zero-order valence-corrected chi connectivity index (χ0v) is 16.3. The quantitative estimate of drug-likeness (QED) is 0.405. The highest BCUT2D eigenvalue weighted by Gasteiger charge is 2.52. The van der Waals surface area contributed by atoms with Gasteiger partial charge in [0.2, 0.25) is 0 Å². The maximum atomic E-state index is 12.0. The van der Waals surface area contributed by atoms with Crippen LogP contribution in [0.15, 0.2) is 64.0 Å². The molecular formula is C21H18ClNO3S. The third-order valence-electron chi connectivity index (χ3n) is 4.81. The number of aromatic nitrogens is 1. The van der Waals surface area contributed by atoms with E-state index in [1.165, 1.54) is 7.11 Å². The maximum absolute atomic E-state index is 12.0. The van der Waals surface area contributed by atoms with E-state index in [2.05, 4.69) is 5.16 Å². The van der Waals surface area contributed by atoms with Crippen LogP contribution in [0.2, 0.25) is 5.02 Å². The van der Waals surface area contributed by atoms with Crippen molar-refractivity contribution in [3.63, 3.8) is 0 Å². The van der Waals surface area contributed by atoms with Gasteiger partial charge in [-0.1, -0.05) is 28.9 Å². The van der Waals surface area contributed by atoms with Gasteiger partial charge in [0, 0.05) is 27.3 Å². The molecule has 2 aromatic carbocycles. The van der Waals surface area contributed by atoms with E-state index >= 15 is 0 Å². The number of rotatable bonds is 6. The Bertz CT molecular complexity index is 946. The van der Waals surface area contributed by atoms with Crippen molar-refractivity contribution in [2.75, 3.05) is 7.11 Å². The summed E-state index contributed by atoms with van der Waals surface area (Å²) in [5.41, 5.74) is 2.44. The first-order chi connectivity index (χ1) is 13.1. The number of thioether (sulfide) groups is 1. The zero-order chi connectivity index (χ0) is 18.9. The Labute approximate surface area is 166 Å². The van der Waals surface area contributed by atoms with Gasteiger partial charge in [0.25, 0.3) is 0 Å². The molecule has 0 bridgehead atoms. The molecule has 1 saturated carbocycles. The number of benzene rings is 2. The molecule has 1 heterocycles. The fourth-order valence-electron chi connectivity index (χ4n) is 3.09. The van der Waals surface area contributed by atoms with E-state index in [0.29, 0.717) is 10.8 Å². The van der Waals surface area contributed by atoms with Crippen LogP contribution in [-0.2, 0) is 20.7 Å². The van der Waals surface area contributed by atoms with Gasteiger partial charge in [-0.3, -0.25) is 4.79 Å². The van der Waals surface area contributed by atoms with Crippen molar-refractivity contribution in [2.24, 2.45) is 0 Å². The van der Waals surface area contributed by atoms with E-state index in [0.717, 1.165) is 40.3 Å². The van der Waals surface area contributed by atoms with E-state index in [1.807, 2.05) is 54.6 Å². The molecule has 0 radical (unpaired) electrons. The van der Waals surface area contributed by atoms with Gasteiger partial charge < -0.3 is 9.26 Å². The summed E-state index contributed by atoms with van der Waals surface area (Å²) in [5, 5.41) is 4.83. The van der Waals surface area contributed by atoms with E-state index in [1.54, 1.807) is 11.8 Å². The second kappa shape index (κ2) is 7.41. The van der Waals surface area contributed by atoms with Crippen LogP contribution >= 0.6 is 23.4 Å². The highest BCUT2D eigenvalue weighted by atomic mass is 35.5. The van der Waals surface area contributed by atoms with Crippen molar-refractivity contribution in [2.45, 2.75) is 28.9 Å². The second-order valence-corrected chi connectivity index (χ2v) is 8.06. The normalized spacial score (nSPS) is 14.7. The number of esters is 1. The molecule has 0 saturated heterocycles. The highest BCUT2D eigenvalue weighted by Crippen LogP contribution is 2.49. The van der Waals surface area contributed by atoms with Crippen molar-refractivity contribution in [1.82, 2.24) is 5.16 Å². The lowest BCUT2D eigenvalue weighted by Gasteiger charge is -2.13. The highest BCUT2D eigenvalue weighted by molar-refractivity contribution is 7.98. The topological polar surface area (TPSA) is 52.3 Å². The molecule has 1 aromatic heterocycles. The number of ether oxygens (including phenoxy) is 1. The molecule has 0 amide bonds. The fraction of sp³-hybridized carbons (Fsp3) is 0.238. The van der Waals surface area contributed by atoms with Crippen LogP contribution < -0.4 is 0 Å². The van der Waals surface area contributed by atoms with Crippen molar-refractivity contribution < 1.29 is 14.1 Å². The van der Waals surface area contributed by atoms with E-state index in [9.17, 15) is 4.79 Å². The van der Waals surface area contributed by atoms with Crippen LogP contribution in [0.4, 0.5) is 0 Å². The summed E-state index contributed by atoms with van der Waals surface area (Å²) in [4.78, 5) is 13.1. The minimum Gasteiger partial charge on any atom is -0.468 e. The minimum absolute atomic E-state index is 0.139. The first-order valence-electron chi connectivity index (χ1n) is 8.64. The monoisotopic (exact) mass is 399 g/mol. The van der Waals surface area contributed by atoms with Crippen LogP contribution in [0.3, 0.4) is 0 Å². The third-order valence-corrected chi connectivity index (χ3v) is 6.11. The van der Waals surface area contributed by atoms with Crippen molar-refractivity contribution >= 4 is 29.3 Å². The number of methoxy groups -OCH3 is 1. The molecule has 1 aliphatic rings. The third kappa shape index (κ3) is 3.75. The molecule has 0 atom stereocenters. The molecule has 0 unspecified atom stereocenters. The molecule has 4 rings (SSSR count). The van der Waals surface area contributed by atoms with Crippen LogP contribution in [0, 0.1) is 0 Å². The SMILES string of the molecule is COC(=O)C1(c2ccc(SCc3cc(-c4ccc(Cl)cc4)on3)cc2)CC1. The summed E-state index contributed by atoms with van der Waals surface area (Å²) in [7, 11) is 1.45. The lowest BCUT2D eigenvalue weighted by molar-refractivity contribution is -0.143. The number of halogens is 1. The van der Waals surface area contributed by atoms with Crippen molar-refractivity contribution in [3.8, 4) is 11.3 Å². The molecule has 3 aromatic rings. The van der Waals surface area contributed by atoms with Crippen LogP contribution in [-0.4, -0.2) is 18.2 Å². The molecule has 27 heavy (non-hydrogen) atoms. The Morgan fingerprint density at radius 2 is 1.89 bits per heavy atom. The zero-order valence-electron chi connectivity index (χ0n) is 14.8. The predicted octanol–water partition coefficient (Wildman–Crippen LogP) is 5.49. The average molecular weight is 400 g/mol. The lowest BCUT2D eigenvalue weighted by Crippen LogP contribution is -2.21. The Morgan fingerprint density at radius 3 is 2.52 bits per heavy atom. The van der Waals surface area contributed by atoms with Gasteiger partial charge in [-0.05, 0) is 54.8 Å². The second-order valence-electron chi connectivity index (χ2n) is 6.58. The summed E-state index contributed by atoms with van der Waals surface area (Å²) < 4.78 is 10.4. The van der Waals surface area contributed by atoms with Gasteiger partial charge in [-0.15, -0.1) is 11.8 Å². The molecule has 1 aliphatic carbocycles. The molecule has 0 spiro atoms. The van der Waals surface area contributed by atoms with Crippen molar-refractivity contribution in [3.05, 3.63) is 70.9 Å². The Balaban J connectivity index is 1.39. The standard InChI is InChI=1S/C21H18ClNO3S/c1-25-20(24)21(10-11-21)15-4-8-18(9-5-15)27-13-17-12-19(26-23-17)14-2-6-16(22)7-3-14/h2-9,12H,10-11,13H2,1H3. The molecule has 0 N–H and O–H groups in total. The summed E-state index contributed by atoms with van der Waals surface area (Å²) in [5.74, 6) is 1.30. The molecule has 0 aliphatic heterocycles. The van der Waals surface area contributed by atoms with Gasteiger partial charge in [0.15, 0.2) is 5.76 Å². The lowest BCUT2D eigenvalue weighted by atomic mass is 9.96. The van der Waals surface area contributed by atoms with Gasteiger partial charge in [0.05, 0.1) is 18.2 Å². The average Bonchev–Trinajstić information content (AvgIpc) is 3.38. The summed E-state index contributed by atoms with van der Waals surface area (Å²) in [6.07, 6.45) is 1.72. The van der Waals surface area contributed by atoms with Crippen LogP contribution in [0.5, 0.6) is 0 Å². The smallest absolute Gasteiger partial charge is 0.316 e. The van der Waals surface area contributed by atoms with Crippen LogP contribution in [0.1, 0.15) is 24.1 Å². The Morgan fingerprint density at radius 1 is 1.19 bits per heavy atom. The summed E-state index contributed by atoms with van der Waals surface area (Å²) in [6.45, 7) is 0. The minimum atomic E-state index is -0.419. The van der Waals surface area contributed by atoms with Crippen molar-refractivity contribution in [1.29, 1.82) is 0 Å². The van der Waals surface area contributed by atoms with E-state index in [4.69, 9.17) is 20.9 Å². The van der Waals surface area contributed by atoms with Gasteiger partial charge in [-0.25, -0.2) is 0 Å². The number of carbonyl (C=O) groups excluding carboxylic acids is 1. The number of hydrogen-bond donors (Lipinski definition) is 0. The largest absolute Gasteiger partial charge is 0.468 e. The van der Waals surface area contributed by atoms with E-state index < -0.39 is 5.41 Å². The number of carbonyl (C=O) groups is 1. The van der Waals surface area contributed by atoms with Crippen LogP contribution in [0.25, 0.3) is 11.3 Å². The summed E-state index contributed by atoms with van der Waals surface area (Å²) in [6, 6.07) is 17.6. The molecule has 6 heteroatoms. The Kier molecular flexibility index (Phi) is 4.98. The number of hydrogen-bond acceptors (Lipinski definition) is 5. The fourth-order valence-corrected chi connectivity index (χ4v) is 3.99. The van der Waals surface area contributed by atoms with Gasteiger partial charge in [-0.2, -0.15) is 0 Å². The Hall–Kier alpha value is -2.24. The van der Waals surface area contributed by atoms with E-state index in [-0.39, 0.29) is 5.97 Å². The number of nitrogens with zero attached hydrogens (tertiary/aromatic N) is 1. The first kappa shape index (κ1) is 18.1. The molecule has 4 nitrogen and oxygen atoms in total. The van der Waals surface area contributed by atoms with Gasteiger partial charge in [0.1, 0.15) is 0 Å². The molecular weight excluding hydrogens is 382 g/mol. The molecule has 138 valence electrons. The molecule has 1 fully saturated rings. The summed E-state index contributed by atoms with van der Waals surface area (Å²) >= 11 is 7.59.